The second-order valence-corrected chi connectivity index (χ2v) is 8.20. The Bertz CT molecular complexity index is 690. The second kappa shape index (κ2) is 7.97. The van der Waals surface area contributed by atoms with Crippen LogP contribution < -0.4 is 5.32 Å². The summed E-state index contributed by atoms with van der Waals surface area (Å²) in [5.74, 6) is 0.983. The molecule has 3 aliphatic rings. The van der Waals surface area contributed by atoms with Gasteiger partial charge in [0.2, 0.25) is 5.91 Å². The predicted octanol–water partition coefficient (Wildman–Crippen LogP) is 2.28. The number of hydrogen-bond donors (Lipinski definition) is 1. The molecule has 0 bridgehead atoms. The summed E-state index contributed by atoms with van der Waals surface area (Å²) in [5.41, 5.74) is 0.387. The van der Waals surface area contributed by atoms with Crippen LogP contribution in [-0.4, -0.2) is 60.4 Å². The minimum atomic E-state index is -0.394. The van der Waals surface area contributed by atoms with E-state index in [1.807, 2.05) is 0 Å². The third-order valence-electron chi connectivity index (χ3n) is 5.90. The van der Waals surface area contributed by atoms with Crippen molar-refractivity contribution in [1.82, 2.24) is 15.1 Å². The molecule has 2 amide bonds. The molecule has 2 saturated carbocycles. The van der Waals surface area contributed by atoms with E-state index in [4.69, 9.17) is 0 Å². The maximum Gasteiger partial charge on any atom is 0.254 e. The predicted molar refractivity (Wildman–Crippen MR) is 101 cm³/mol. The number of nitrogens with one attached hydrogen (secondary N) is 1. The molecule has 1 aromatic carbocycles. The lowest BCUT2D eigenvalue weighted by atomic mass is 10.1. The SMILES string of the molecule is O=C(CN1CCCN(C(=O)c2cccc(F)c2)CC1)NC(C1CC1)C1CC1. The largest absolute Gasteiger partial charge is 0.352 e. The van der Waals surface area contributed by atoms with Crippen LogP contribution in [0.25, 0.3) is 0 Å². The van der Waals surface area contributed by atoms with Crippen LogP contribution in [0, 0.1) is 17.7 Å². The van der Waals surface area contributed by atoms with Crippen molar-refractivity contribution >= 4 is 11.8 Å². The van der Waals surface area contributed by atoms with Gasteiger partial charge in [0.05, 0.1) is 6.54 Å². The summed E-state index contributed by atoms with van der Waals surface area (Å²) in [4.78, 5) is 29.0. The Labute approximate surface area is 159 Å². The number of halogens is 1. The lowest BCUT2D eigenvalue weighted by molar-refractivity contribution is -0.123. The van der Waals surface area contributed by atoms with Crippen molar-refractivity contribution in [3.05, 3.63) is 35.6 Å². The molecule has 0 radical (unpaired) electrons. The highest BCUT2D eigenvalue weighted by Crippen LogP contribution is 2.44. The number of carbonyl (C=O) groups excluding carboxylic acids is 2. The Kier molecular flexibility index (Phi) is 5.43. The van der Waals surface area contributed by atoms with Gasteiger partial charge >= 0.3 is 0 Å². The molecule has 0 spiro atoms. The second-order valence-electron chi connectivity index (χ2n) is 8.20. The smallest absolute Gasteiger partial charge is 0.254 e. The Morgan fingerprint density at radius 2 is 1.81 bits per heavy atom. The van der Waals surface area contributed by atoms with E-state index < -0.39 is 5.82 Å². The average molecular weight is 373 g/mol. The Balaban J connectivity index is 1.28. The van der Waals surface area contributed by atoms with Gasteiger partial charge in [-0.1, -0.05) is 6.07 Å². The van der Waals surface area contributed by atoms with Gasteiger partial charge in [-0.15, -0.1) is 0 Å². The summed E-state index contributed by atoms with van der Waals surface area (Å²) in [5, 5.41) is 3.27. The van der Waals surface area contributed by atoms with Gasteiger partial charge in [0.25, 0.3) is 5.91 Å². The molecule has 1 aliphatic heterocycles. The van der Waals surface area contributed by atoms with Crippen molar-refractivity contribution in [2.24, 2.45) is 11.8 Å². The third kappa shape index (κ3) is 4.86. The molecule has 0 aromatic heterocycles. The first-order valence-electron chi connectivity index (χ1n) is 10.2. The fourth-order valence-corrected chi connectivity index (χ4v) is 4.10. The molecule has 4 rings (SSSR count). The standard InChI is InChI=1S/C21H28FN3O2/c22-18-4-1-3-17(13-18)21(27)25-10-2-9-24(11-12-25)14-19(26)23-20(15-5-6-15)16-7-8-16/h1,3-4,13,15-16,20H,2,5-12,14H2,(H,23,26). The van der Waals surface area contributed by atoms with E-state index in [-0.39, 0.29) is 11.8 Å². The van der Waals surface area contributed by atoms with Crippen LogP contribution in [0.15, 0.2) is 24.3 Å². The highest BCUT2D eigenvalue weighted by atomic mass is 19.1. The van der Waals surface area contributed by atoms with Crippen molar-refractivity contribution in [3.63, 3.8) is 0 Å². The van der Waals surface area contributed by atoms with E-state index >= 15 is 0 Å². The summed E-state index contributed by atoms with van der Waals surface area (Å²) in [6, 6.07) is 6.23. The zero-order chi connectivity index (χ0) is 18.8. The third-order valence-corrected chi connectivity index (χ3v) is 5.90. The van der Waals surface area contributed by atoms with Crippen LogP contribution in [0.3, 0.4) is 0 Å². The van der Waals surface area contributed by atoms with Crippen molar-refractivity contribution < 1.29 is 14.0 Å². The maximum atomic E-state index is 13.4. The van der Waals surface area contributed by atoms with E-state index in [2.05, 4.69) is 10.2 Å². The molecule has 5 nitrogen and oxygen atoms in total. The van der Waals surface area contributed by atoms with Crippen LogP contribution in [0.5, 0.6) is 0 Å². The highest BCUT2D eigenvalue weighted by molar-refractivity contribution is 5.94. The van der Waals surface area contributed by atoms with E-state index in [1.54, 1.807) is 17.0 Å². The number of benzene rings is 1. The summed E-state index contributed by atoms with van der Waals surface area (Å²) in [7, 11) is 0. The summed E-state index contributed by atoms with van der Waals surface area (Å²) in [6.07, 6.45) is 5.83. The molecule has 6 heteroatoms. The van der Waals surface area contributed by atoms with Gasteiger partial charge < -0.3 is 10.2 Å². The fraction of sp³-hybridized carbons (Fsp3) is 0.619. The van der Waals surface area contributed by atoms with Crippen LogP contribution in [0.1, 0.15) is 42.5 Å². The molecule has 1 saturated heterocycles. The van der Waals surface area contributed by atoms with Crippen LogP contribution in [-0.2, 0) is 4.79 Å². The topological polar surface area (TPSA) is 52.7 Å². The van der Waals surface area contributed by atoms with Crippen LogP contribution in [0.4, 0.5) is 4.39 Å². The average Bonchev–Trinajstić information content (AvgIpc) is 3.53. The van der Waals surface area contributed by atoms with Gasteiger partial charge in [0.15, 0.2) is 0 Å². The number of amides is 2. The molecule has 146 valence electrons. The van der Waals surface area contributed by atoms with Crippen molar-refractivity contribution in [2.45, 2.75) is 38.1 Å². The molecule has 1 heterocycles. The molecular formula is C21H28FN3O2. The number of rotatable bonds is 6. The molecule has 1 N–H and O–H groups in total. The van der Waals surface area contributed by atoms with Crippen LogP contribution in [0.2, 0.25) is 0 Å². The van der Waals surface area contributed by atoms with Gasteiger partial charge in [0.1, 0.15) is 5.82 Å². The lowest BCUT2D eigenvalue weighted by Gasteiger charge is -2.23. The van der Waals surface area contributed by atoms with Crippen LogP contribution >= 0.6 is 0 Å². The molecule has 0 atom stereocenters. The van der Waals surface area contributed by atoms with E-state index in [1.165, 1.54) is 37.8 Å². The monoisotopic (exact) mass is 373 g/mol. The zero-order valence-electron chi connectivity index (χ0n) is 15.7. The van der Waals surface area contributed by atoms with Crippen molar-refractivity contribution in [3.8, 4) is 0 Å². The van der Waals surface area contributed by atoms with Gasteiger partial charge in [-0.3, -0.25) is 14.5 Å². The first kappa shape index (κ1) is 18.4. The molecule has 0 unspecified atom stereocenters. The summed E-state index contributed by atoms with van der Waals surface area (Å²) >= 11 is 0. The summed E-state index contributed by atoms with van der Waals surface area (Å²) in [6.45, 7) is 3.08. The molecular weight excluding hydrogens is 345 g/mol. The van der Waals surface area contributed by atoms with E-state index in [0.29, 0.717) is 49.6 Å². The van der Waals surface area contributed by atoms with Crippen molar-refractivity contribution in [1.29, 1.82) is 0 Å². The zero-order valence-corrected chi connectivity index (χ0v) is 15.7. The van der Waals surface area contributed by atoms with Crippen molar-refractivity contribution in [2.75, 3.05) is 32.7 Å². The van der Waals surface area contributed by atoms with Gasteiger partial charge in [-0.25, -0.2) is 4.39 Å². The number of carbonyl (C=O) groups is 2. The first-order chi connectivity index (χ1) is 13.1. The molecule has 2 aliphatic carbocycles. The molecule has 1 aromatic rings. The lowest BCUT2D eigenvalue weighted by Crippen LogP contribution is -2.45. The van der Waals surface area contributed by atoms with Gasteiger partial charge in [-0.2, -0.15) is 0 Å². The minimum absolute atomic E-state index is 0.115. The molecule has 27 heavy (non-hydrogen) atoms. The quantitative estimate of drug-likeness (QED) is 0.832. The van der Waals surface area contributed by atoms with Gasteiger partial charge in [0, 0.05) is 37.8 Å². The Morgan fingerprint density at radius 1 is 1.07 bits per heavy atom. The molecule has 3 fully saturated rings. The Hall–Kier alpha value is -1.95. The first-order valence-corrected chi connectivity index (χ1v) is 10.2. The van der Waals surface area contributed by atoms with E-state index in [9.17, 15) is 14.0 Å². The highest BCUT2D eigenvalue weighted by Gasteiger charge is 2.42. The number of nitrogens with zero attached hydrogens (tertiary/aromatic N) is 2. The normalized spacial score (nSPS) is 21.2. The fourth-order valence-electron chi connectivity index (χ4n) is 4.10. The summed E-state index contributed by atoms with van der Waals surface area (Å²) < 4.78 is 13.4. The minimum Gasteiger partial charge on any atom is -0.352 e. The Morgan fingerprint density at radius 3 is 2.48 bits per heavy atom. The maximum absolute atomic E-state index is 13.4. The van der Waals surface area contributed by atoms with E-state index in [0.717, 1.165) is 13.0 Å². The number of hydrogen-bond acceptors (Lipinski definition) is 3. The van der Waals surface area contributed by atoms with Gasteiger partial charge in [-0.05, 0) is 62.1 Å².